The zero-order valence-corrected chi connectivity index (χ0v) is 16.3. The molecule has 5 heteroatoms. The average Bonchev–Trinajstić information content (AvgIpc) is 3.02. The fraction of sp³-hybridized carbons (Fsp3) is 0.0833. The molecule has 0 N–H and O–H groups in total. The van der Waals surface area contributed by atoms with E-state index >= 15 is 0 Å². The van der Waals surface area contributed by atoms with E-state index in [0.29, 0.717) is 27.2 Å². The molecule has 5 rings (SSSR count). The third kappa shape index (κ3) is 2.76. The van der Waals surface area contributed by atoms with E-state index in [1.54, 1.807) is 41.3 Å². The molecule has 4 nitrogen and oxygen atoms in total. The lowest BCUT2D eigenvalue weighted by Crippen LogP contribution is -2.29. The van der Waals surface area contributed by atoms with E-state index in [2.05, 4.69) is 0 Å². The molecule has 29 heavy (non-hydrogen) atoms. The molecule has 1 aliphatic heterocycles. The van der Waals surface area contributed by atoms with Gasteiger partial charge in [-0.2, -0.15) is 0 Å². The number of aryl methyl sites for hydroxylation is 1. The van der Waals surface area contributed by atoms with Crippen LogP contribution < -0.4 is 10.3 Å². The summed E-state index contributed by atoms with van der Waals surface area (Å²) in [5.41, 5.74) is 3.16. The van der Waals surface area contributed by atoms with Crippen LogP contribution in [-0.2, 0) is 0 Å². The highest BCUT2D eigenvalue weighted by Gasteiger charge is 2.43. The van der Waals surface area contributed by atoms with Gasteiger partial charge in [-0.25, -0.2) is 0 Å². The number of fused-ring (bicyclic) bond motifs is 2. The van der Waals surface area contributed by atoms with Gasteiger partial charge in [-0.05, 0) is 48.9 Å². The third-order valence-corrected chi connectivity index (χ3v) is 5.53. The number of benzene rings is 3. The first-order valence-electron chi connectivity index (χ1n) is 9.26. The number of rotatable bonds is 2. The Labute approximate surface area is 172 Å². The number of nitrogens with zero attached hydrogens (tertiary/aromatic N) is 1. The normalized spacial score (nSPS) is 15.7. The Morgan fingerprint density at radius 2 is 1.59 bits per heavy atom. The summed E-state index contributed by atoms with van der Waals surface area (Å²) in [5.74, 6) is -0.235. The maximum Gasteiger partial charge on any atom is 0.295 e. The summed E-state index contributed by atoms with van der Waals surface area (Å²) in [6.07, 6.45) is 0. The van der Waals surface area contributed by atoms with Crippen molar-refractivity contribution in [3.8, 4) is 0 Å². The number of carbonyl (C=O) groups is 1. The number of halogens is 1. The van der Waals surface area contributed by atoms with Crippen LogP contribution in [0.3, 0.4) is 0 Å². The number of amides is 1. The highest BCUT2D eigenvalue weighted by atomic mass is 35.5. The van der Waals surface area contributed by atoms with Gasteiger partial charge < -0.3 is 4.42 Å². The van der Waals surface area contributed by atoms with Crippen LogP contribution in [0.1, 0.15) is 33.3 Å². The largest absolute Gasteiger partial charge is 0.450 e. The molecule has 0 aliphatic carbocycles. The third-order valence-electron chi connectivity index (χ3n) is 5.28. The van der Waals surface area contributed by atoms with Gasteiger partial charge in [-0.1, -0.05) is 53.6 Å². The Balaban J connectivity index is 1.81. The number of hydrogen-bond donors (Lipinski definition) is 0. The van der Waals surface area contributed by atoms with Crippen molar-refractivity contribution in [1.29, 1.82) is 0 Å². The number of carbonyl (C=O) groups excluding carboxylic acids is 1. The monoisotopic (exact) mass is 401 g/mol. The van der Waals surface area contributed by atoms with Crippen molar-refractivity contribution in [3.05, 3.63) is 110 Å². The molecule has 1 atom stereocenters. The maximum atomic E-state index is 13.4. The van der Waals surface area contributed by atoms with Crippen LogP contribution >= 0.6 is 11.6 Å². The van der Waals surface area contributed by atoms with Gasteiger partial charge in [0.1, 0.15) is 5.58 Å². The second-order valence-corrected chi connectivity index (χ2v) is 7.57. The Morgan fingerprint density at radius 1 is 0.897 bits per heavy atom. The van der Waals surface area contributed by atoms with Crippen LogP contribution in [0.4, 0.5) is 5.69 Å². The lowest BCUT2D eigenvalue weighted by atomic mass is 9.98. The van der Waals surface area contributed by atoms with Gasteiger partial charge in [0.25, 0.3) is 5.91 Å². The summed E-state index contributed by atoms with van der Waals surface area (Å²) in [6, 6.07) is 21.3. The van der Waals surface area contributed by atoms with Crippen molar-refractivity contribution in [2.24, 2.45) is 0 Å². The van der Waals surface area contributed by atoms with Crippen molar-refractivity contribution in [2.45, 2.75) is 13.0 Å². The lowest BCUT2D eigenvalue weighted by Gasteiger charge is -2.25. The summed E-state index contributed by atoms with van der Waals surface area (Å²) < 4.78 is 5.93. The van der Waals surface area contributed by atoms with Gasteiger partial charge in [0.2, 0.25) is 5.76 Å². The maximum absolute atomic E-state index is 13.4. The standard InChI is InChI=1S/C24H16ClNO3/c1-14-6-12-17(13-7-14)26-21(15-8-10-16(25)11-9-15)20-22(27)18-4-2-3-5-19(18)29-23(20)24(26)28/h2-13,21H,1H3. The zero-order chi connectivity index (χ0) is 20.1. The van der Waals surface area contributed by atoms with Crippen LogP contribution in [0.5, 0.6) is 0 Å². The van der Waals surface area contributed by atoms with Gasteiger partial charge in [0.05, 0.1) is 17.0 Å². The molecule has 4 aromatic rings. The van der Waals surface area contributed by atoms with Gasteiger partial charge in [-0.3, -0.25) is 14.5 Å². The average molecular weight is 402 g/mol. The minimum atomic E-state index is -0.585. The zero-order valence-electron chi connectivity index (χ0n) is 15.6. The predicted octanol–water partition coefficient (Wildman–Crippen LogP) is 5.50. The molecule has 0 fully saturated rings. The van der Waals surface area contributed by atoms with E-state index < -0.39 is 6.04 Å². The summed E-state index contributed by atoms with van der Waals surface area (Å²) in [7, 11) is 0. The predicted molar refractivity (Wildman–Crippen MR) is 114 cm³/mol. The number of para-hydroxylation sites is 1. The molecule has 0 spiro atoms. The first kappa shape index (κ1) is 17.7. The molecule has 142 valence electrons. The Morgan fingerprint density at radius 3 is 2.31 bits per heavy atom. The second-order valence-electron chi connectivity index (χ2n) is 7.13. The molecule has 1 amide bonds. The molecular formula is C24H16ClNO3. The van der Waals surface area contributed by atoms with Crippen molar-refractivity contribution >= 4 is 34.2 Å². The minimum absolute atomic E-state index is 0.0919. The molecule has 1 aliphatic rings. The molecule has 3 aromatic carbocycles. The van der Waals surface area contributed by atoms with Crippen LogP contribution in [0.2, 0.25) is 5.02 Å². The van der Waals surface area contributed by atoms with E-state index in [0.717, 1.165) is 11.1 Å². The first-order chi connectivity index (χ1) is 14.0. The highest BCUT2D eigenvalue weighted by molar-refractivity contribution is 6.30. The summed E-state index contributed by atoms with van der Waals surface area (Å²) >= 11 is 6.07. The van der Waals surface area contributed by atoms with Gasteiger partial charge in [0, 0.05) is 10.7 Å². The van der Waals surface area contributed by atoms with Crippen molar-refractivity contribution < 1.29 is 9.21 Å². The van der Waals surface area contributed by atoms with Crippen LogP contribution in [0.25, 0.3) is 11.0 Å². The molecule has 2 heterocycles. The van der Waals surface area contributed by atoms with E-state index in [1.807, 2.05) is 43.3 Å². The summed E-state index contributed by atoms with van der Waals surface area (Å²) in [6.45, 7) is 1.98. The summed E-state index contributed by atoms with van der Waals surface area (Å²) in [4.78, 5) is 28.4. The van der Waals surface area contributed by atoms with Crippen LogP contribution in [0.15, 0.2) is 82.0 Å². The van der Waals surface area contributed by atoms with E-state index in [4.69, 9.17) is 16.0 Å². The Hall–Kier alpha value is -3.37. The van der Waals surface area contributed by atoms with Crippen molar-refractivity contribution in [3.63, 3.8) is 0 Å². The topological polar surface area (TPSA) is 50.5 Å². The molecule has 0 saturated heterocycles. The fourth-order valence-corrected chi connectivity index (χ4v) is 3.98. The van der Waals surface area contributed by atoms with Gasteiger partial charge >= 0.3 is 0 Å². The Kier molecular flexibility index (Phi) is 4.03. The minimum Gasteiger partial charge on any atom is -0.450 e. The first-order valence-corrected chi connectivity index (χ1v) is 9.64. The quantitative estimate of drug-likeness (QED) is 0.445. The molecule has 0 bridgehead atoms. The molecule has 0 radical (unpaired) electrons. The van der Waals surface area contributed by atoms with Crippen molar-refractivity contribution in [1.82, 2.24) is 0 Å². The molecule has 0 saturated carbocycles. The summed E-state index contributed by atoms with van der Waals surface area (Å²) in [5, 5.41) is 1.05. The molecule has 1 aromatic heterocycles. The second kappa shape index (κ2) is 6.61. The van der Waals surface area contributed by atoms with E-state index in [-0.39, 0.29) is 17.1 Å². The molecule has 1 unspecified atom stereocenters. The smallest absolute Gasteiger partial charge is 0.295 e. The number of hydrogen-bond acceptors (Lipinski definition) is 3. The Bertz CT molecular complexity index is 1310. The SMILES string of the molecule is Cc1ccc(N2C(=O)c3oc4ccccc4c(=O)c3C2c2ccc(Cl)cc2)cc1. The molecular weight excluding hydrogens is 386 g/mol. The lowest BCUT2D eigenvalue weighted by molar-refractivity contribution is 0.0971. The van der Waals surface area contributed by atoms with Gasteiger partial charge in [-0.15, -0.1) is 0 Å². The van der Waals surface area contributed by atoms with E-state index in [1.165, 1.54) is 0 Å². The van der Waals surface area contributed by atoms with Gasteiger partial charge in [0.15, 0.2) is 5.43 Å². The fourth-order valence-electron chi connectivity index (χ4n) is 3.85. The van der Waals surface area contributed by atoms with Crippen LogP contribution in [-0.4, -0.2) is 5.91 Å². The van der Waals surface area contributed by atoms with Crippen LogP contribution in [0, 0.1) is 6.92 Å². The van der Waals surface area contributed by atoms with E-state index in [9.17, 15) is 9.59 Å². The number of anilines is 1. The highest BCUT2D eigenvalue weighted by Crippen LogP contribution is 2.41. The van der Waals surface area contributed by atoms with Crippen molar-refractivity contribution in [2.75, 3.05) is 4.90 Å².